The van der Waals surface area contributed by atoms with Crippen molar-refractivity contribution in [2.45, 2.75) is 26.3 Å². The van der Waals surface area contributed by atoms with Gasteiger partial charge in [-0.2, -0.15) is 0 Å². The highest BCUT2D eigenvalue weighted by atomic mass is 32.2. The van der Waals surface area contributed by atoms with Crippen molar-refractivity contribution in [3.05, 3.63) is 30.3 Å². The number of guanidine groups is 1. The maximum absolute atomic E-state index is 11.6. The Bertz CT molecular complexity index is 631. The largest absolute Gasteiger partial charge is 0.369 e. The molecular weight excluding hydrogens is 324 g/mol. The summed E-state index contributed by atoms with van der Waals surface area (Å²) in [5.74, 6) is 0.964. The molecule has 1 fully saturated rings. The van der Waals surface area contributed by atoms with E-state index >= 15 is 0 Å². The number of benzene rings is 1. The Labute approximate surface area is 145 Å². The highest BCUT2D eigenvalue weighted by Gasteiger charge is 2.23. The minimum Gasteiger partial charge on any atom is -0.369 e. The van der Waals surface area contributed by atoms with Gasteiger partial charge in [-0.05, 0) is 25.5 Å². The molecular formula is C17H28N4O2S. The lowest BCUT2D eigenvalue weighted by atomic mass is 10.3. The molecule has 0 aromatic heterocycles. The van der Waals surface area contributed by atoms with Gasteiger partial charge in [-0.3, -0.25) is 4.99 Å². The van der Waals surface area contributed by atoms with Gasteiger partial charge in [0, 0.05) is 37.1 Å². The first-order valence-electron chi connectivity index (χ1n) is 8.59. The van der Waals surface area contributed by atoms with E-state index in [9.17, 15) is 8.42 Å². The Morgan fingerprint density at radius 1 is 1.29 bits per heavy atom. The third-order valence-electron chi connectivity index (χ3n) is 4.11. The second kappa shape index (κ2) is 8.92. The van der Waals surface area contributed by atoms with Crippen LogP contribution in [0.3, 0.4) is 0 Å². The average Bonchev–Trinajstić information content (AvgIpc) is 3.04. The Morgan fingerprint density at radius 3 is 2.71 bits per heavy atom. The second-order valence-electron chi connectivity index (χ2n) is 5.91. The zero-order chi connectivity index (χ0) is 17.4. The van der Waals surface area contributed by atoms with Gasteiger partial charge in [0.1, 0.15) is 0 Å². The molecule has 1 saturated heterocycles. The van der Waals surface area contributed by atoms with Crippen LogP contribution >= 0.6 is 0 Å². The molecule has 1 aromatic rings. The molecule has 0 amide bonds. The lowest BCUT2D eigenvalue weighted by molar-refractivity contribution is 0.597. The van der Waals surface area contributed by atoms with Crippen molar-refractivity contribution in [2.24, 2.45) is 4.99 Å². The van der Waals surface area contributed by atoms with Gasteiger partial charge in [-0.1, -0.05) is 25.1 Å². The Hall–Kier alpha value is -1.76. The number of aliphatic imine (C=N–C) groups is 1. The predicted octanol–water partition coefficient (Wildman–Crippen LogP) is 1.26. The molecule has 0 radical (unpaired) electrons. The van der Waals surface area contributed by atoms with Crippen LogP contribution in [0.2, 0.25) is 0 Å². The minimum absolute atomic E-state index is 0.0981. The molecule has 24 heavy (non-hydrogen) atoms. The van der Waals surface area contributed by atoms with E-state index < -0.39 is 9.84 Å². The molecule has 1 heterocycles. The smallest absolute Gasteiger partial charge is 0.191 e. The summed E-state index contributed by atoms with van der Waals surface area (Å²) in [4.78, 5) is 6.75. The number of nitrogens with zero attached hydrogens (tertiary/aromatic N) is 2. The van der Waals surface area contributed by atoms with E-state index in [4.69, 9.17) is 0 Å². The van der Waals surface area contributed by atoms with Crippen molar-refractivity contribution in [2.75, 3.05) is 42.6 Å². The Kier molecular flexibility index (Phi) is 6.90. The third-order valence-corrected chi connectivity index (χ3v) is 5.79. The van der Waals surface area contributed by atoms with Gasteiger partial charge in [-0.15, -0.1) is 0 Å². The molecule has 0 saturated carbocycles. The van der Waals surface area contributed by atoms with E-state index in [0.717, 1.165) is 26.1 Å². The maximum Gasteiger partial charge on any atom is 0.191 e. The SMILES string of the molecule is CCNC(=NCCS(=O)(=O)CC)NC1CCN(c2ccccc2)C1. The topological polar surface area (TPSA) is 73.8 Å². The molecule has 0 aliphatic carbocycles. The number of hydrogen-bond acceptors (Lipinski definition) is 4. The van der Waals surface area contributed by atoms with Gasteiger partial charge in [0.25, 0.3) is 0 Å². The fourth-order valence-electron chi connectivity index (χ4n) is 2.71. The number of sulfone groups is 1. The normalized spacial score (nSPS) is 18.7. The predicted molar refractivity (Wildman–Crippen MR) is 101 cm³/mol. The number of hydrogen-bond donors (Lipinski definition) is 2. The van der Waals surface area contributed by atoms with Crippen LogP contribution in [0.25, 0.3) is 0 Å². The first-order chi connectivity index (χ1) is 11.5. The van der Waals surface area contributed by atoms with Crippen LogP contribution in [0.4, 0.5) is 5.69 Å². The van der Waals surface area contributed by atoms with Crippen molar-refractivity contribution in [3.63, 3.8) is 0 Å². The second-order valence-corrected chi connectivity index (χ2v) is 8.38. The summed E-state index contributed by atoms with van der Waals surface area (Å²) in [6.07, 6.45) is 1.03. The summed E-state index contributed by atoms with van der Waals surface area (Å²) >= 11 is 0. The summed E-state index contributed by atoms with van der Waals surface area (Å²) in [7, 11) is -2.97. The van der Waals surface area contributed by atoms with Gasteiger partial charge in [0.2, 0.25) is 0 Å². The molecule has 1 unspecified atom stereocenters. The molecule has 6 nitrogen and oxygen atoms in total. The quantitative estimate of drug-likeness (QED) is 0.571. The number of para-hydroxylation sites is 1. The van der Waals surface area contributed by atoms with E-state index in [1.165, 1.54) is 5.69 Å². The van der Waals surface area contributed by atoms with Crippen molar-refractivity contribution in [1.82, 2.24) is 10.6 Å². The molecule has 0 bridgehead atoms. The zero-order valence-corrected chi connectivity index (χ0v) is 15.3. The van der Waals surface area contributed by atoms with Crippen LogP contribution in [0, 0.1) is 0 Å². The Morgan fingerprint density at radius 2 is 2.04 bits per heavy atom. The lowest BCUT2D eigenvalue weighted by Gasteiger charge is -2.20. The molecule has 1 aromatic carbocycles. The van der Waals surface area contributed by atoms with E-state index in [0.29, 0.717) is 18.5 Å². The standard InChI is InChI=1S/C17H28N4O2S/c1-3-18-17(19-11-13-24(22,23)4-2)20-15-10-12-21(14-15)16-8-6-5-7-9-16/h5-9,15H,3-4,10-14H2,1-2H3,(H2,18,19,20). The van der Waals surface area contributed by atoms with E-state index in [-0.39, 0.29) is 11.5 Å². The molecule has 0 spiro atoms. The first-order valence-corrected chi connectivity index (χ1v) is 10.4. The van der Waals surface area contributed by atoms with Crippen LogP contribution < -0.4 is 15.5 Å². The summed E-state index contributed by atoms with van der Waals surface area (Å²) in [5.41, 5.74) is 1.23. The van der Waals surface area contributed by atoms with Crippen LogP contribution in [0.15, 0.2) is 35.3 Å². The van der Waals surface area contributed by atoms with E-state index in [1.807, 2.05) is 13.0 Å². The fraction of sp³-hybridized carbons (Fsp3) is 0.588. The van der Waals surface area contributed by atoms with Crippen LogP contribution in [0.5, 0.6) is 0 Å². The first kappa shape index (κ1) is 18.6. The van der Waals surface area contributed by atoms with Gasteiger partial charge < -0.3 is 15.5 Å². The van der Waals surface area contributed by atoms with Crippen molar-refractivity contribution >= 4 is 21.5 Å². The molecule has 1 atom stereocenters. The molecule has 7 heteroatoms. The average molecular weight is 353 g/mol. The molecule has 2 N–H and O–H groups in total. The minimum atomic E-state index is -2.97. The summed E-state index contributed by atoms with van der Waals surface area (Å²) < 4.78 is 23.1. The summed E-state index contributed by atoms with van der Waals surface area (Å²) in [5, 5.41) is 6.62. The van der Waals surface area contributed by atoms with Crippen molar-refractivity contribution in [3.8, 4) is 0 Å². The monoisotopic (exact) mass is 352 g/mol. The number of anilines is 1. The van der Waals surface area contributed by atoms with Gasteiger partial charge >= 0.3 is 0 Å². The number of rotatable bonds is 7. The summed E-state index contributed by atoms with van der Waals surface area (Å²) in [6, 6.07) is 10.7. The molecule has 134 valence electrons. The van der Waals surface area contributed by atoms with Gasteiger partial charge in [0.15, 0.2) is 15.8 Å². The van der Waals surface area contributed by atoms with E-state index in [2.05, 4.69) is 44.8 Å². The van der Waals surface area contributed by atoms with Crippen molar-refractivity contribution in [1.29, 1.82) is 0 Å². The van der Waals surface area contributed by atoms with Crippen LogP contribution in [-0.2, 0) is 9.84 Å². The van der Waals surface area contributed by atoms with Gasteiger partial charge in [-0.25, -0.2) is 8.42 Å². The molecule has 1 aliphatic rings. The third kappa shape index (κ3) is 5.70. The van der Waals surface area contributed by atoms with E-state index in [1.54, 1.807) is 6.92 Å². The van der Waals surface area contributed by atoms with Crippen LogP contribution in [-0.4, -0.2) is 58.1 Å². The lowest BCUT2D eigenvalue weighted by Crippen LogP contribution is -2.44. The van der Waals surface area contributed by atoms with Gasteiger partial charge in [0.05, 0.1) is 12.3 Å². The number of nitrogens with one attached hydrogen (secondary N) is 2. The molecule has 2 rings (SSSR count). The zero-order valence-electron chi connectivity index (χ0n) is 14.5. The highest BCUT2D eigenvalue weighted by Crippen LogP contribution is 2.19. The maximum atomic E-state index is 11.6. The summed E-state index contributed by atoms with van der Waals surface area (Å²) in [6.45, 7) is 6.64. The Balaban J connectivity index is 1.89. The van der Waals surface area contributed by atoms with Crippen molar-refractivity contribution < 1.29 is 8.42 Å². The molecule has 1 aliphatic heterocycles. The van der Waals surface area contributed by atoms with Crippen LogP contribution in [0.1, 0.15) is 20.3 Å². The highest BCUT2D eigenvalue weighted by molar-refractivity contribution is 7.91. The fourth-order valence-corrected chi connectivity index (χ4v) is 3.36.